The fourth-order valence-corrected chi connectivity index (χ4v) is 6.16. The van der Waals surface area contributed by atoms with Gasteiger partial charge in [-0.15, -0.1) is 0 Å². The first kappa shape index (κ1) is 13.6. The Balaban J connectivity index is 2.15. The van der Waals surface area contributed by atoms with Gasteiger partial charge in [0, 0.05) is 0 Å². The Morgan fingerprint density at radius 3 is 2.50 bits per heavy atom. The van der Waals surface area contributed by atoms with Gasteiger partial charge < -0.3 is 0 Å². The van der Waals surface area contributed by atoms with Crippen molar-refractivity contribution in [3.8, 4) is 0 Å². The van der Waals surface area contributed by atoms with Gasteiger partial charge in [-0.3, -0.25) is 0 Å². The van der Waals surface area contributed by atoms with Crippen LogP contribution in [0.4, 0.5) is 0 Å². The van der Waals surface area contributed by atoms with Crippen molar-refractivity contribution in [3.63, 3.8) is 0 Å². The Morgan fingerprint density at radius 2 is 1.85 bits per heavy atom. The second kappa shape index (κ2) is 4.59. The molecule has 1 aromatic rings. The molecule has 3 heteroatoms. The van der Waals surface area contributed by atoms with Gasteiger partial charge in [0.05, 0.1) is 4.90 Å². The van der Waals surface area contributed by atoms with E-state index in [0.717, 1.165) is 36.8 Å². The third-order valence-corrected chi connectivity index (χ3v) is 7.14. The van der Waals surface area contributed by atoms with Gasteiger partial charge in [-0.05, 0) is 50.3 Å². The monoisotopic (exact) mass is 288 g/mol. The van der Waals surface area contributed by atoms with E-state index in [1.54, 1.807) is 24.3 Å². The molecular weight excluding hydrogens is 268 g/mol. The fraction of sp³-hybridized carbons (Fsp3) is 0.412. The van der Waals surface area contributed by atoms with Crippen molar-refractivity contribution in [1.29, 1.82) is 0 Å². The lowest BCUT2D eigenvalue weighted by atomic mass is 9.73. The second-order valence-electron chi connectivity index (χ2n) is 5.95. The van der Waals surface area contributed by atoms with Crippen LogP contribution in [0.1, 0.15) is 39.0 Å². The first-order valence-corrected chi connectivity index (χ1v) is 8.65. The minimum absolute atomic E-state index is 0.444. The molecule has 1 atom stereocenters. The molecule has 1 saturated carbocycles. The van der Waals surface area contributed by atoms with Crippen molar-refractivity contribution in [2.75, 3.05) is 0 Å². The molecule has 0 heterocycles. The highest BCUT2D eigenvalue weighted by atomic mass is 32.2. The first-order chi connectivity index (χ1) is 9.49. The van der Waals surface area contributed by atoms with Crippen molar-refractivity contribution >= 4 is 9.84 Å². The molecule has 0 amide bonds. The van der Waals surface area contributed by atoms with Crippen LogP contribution in [0.3, 0.4) is 0 Å². The predicted molar refractivity (Wildman–Crippen MR) is 81.3 cm³/mol. The highest BCUT2D eigenvalue weighted by Gasteiger charge is 2.54. The van der Waals surface area contributed by atoms with Crippen LogP contribution in [0.2, 0.25) is 0 Å². The van der Waals surface area contributed by atoms with Crippen molar-refractivity contribution in [3.05, 3.63) is 53.6 Å². The average molecular weight is 288 g/mol. The lowest BCUT2D eigenvalue weighted by Gasteiger charge is -2.44. The largest absolute Gasteiger partial charge is 0.223 e. The number of fused-ring (bicyclic) bond motifs is 1. The summed E-state index contributed by atoms with van der Waals surface area (Å²) in [5.41, 5.74) is 3.26. The van der Waals surface area contributed by atoms with E-state index < -0.39 is 14.6 Å². The van der Waals surface area contributed by atoms with E-state index in [-0.39, 0.29) is 0 Å². The molecule has 0 bridgehead atoms. The molecule has 0 N–H and O–H groups in total. The number of rotatable bonds is 2. The number of hydrogen-bond acceptors (Lipinski definition) is 2. The quantitative estimate of drug-likeness (QED) is 0.822. The second-order valence-corrected chi connectivity index (χ2v) is 8.21. The molecular formula is C17H20O2S. The van der Waals surface area contributed by atoms with Gasteiger partial charge >= 0.3 is 0 Å². The first-order valence-electron chi connectivity index (χ1n) is 7.17. The SMILES string of the molecule is C=C1CCCCC2(S(=O)(=O)c3ccccc3)CC(C)=C12. The number of hydrogen-bond donors (Lipinski definition) is 0. The van der Waals surface area contributed by atoms with Crippen LogP contribution in [-0.4, -0.2) is 13.2 Å². The van der Waals surface area contributed by atoms with Crippen LogP contribution >= 0.6 is 0 Å². The summed E-state index contributed by atoms with van der Waals surface area (Å²) < 4.78 is 25.6. The molecule has 0 aromatic heterocycles. The number of benzene rings is 1. The van der Waals surface area contributed by atoms with Crippen LogP contribution in [0.15, 0.2) is 58.5 Å². The van der Waals surface area contributed by atoms with Gasteiger partial charge in [-0.2, -0.15) is 0 Å². The van der Waals surface area contributed by atoms with E-state index in [9.17, 15) is 8.42 Å². The maximum Gasteiger partial charge on any atom is 0.188 e. The summed E-state index contributed by atoms with van der Waals surface area (Å²) in [6, 6.07) is 8.87. The molecule has 106 valence electrons. The van der Waals surface area contributed by atoms with E-state index in [1.807, 2.05) is 13.0 Å². The lowest BCUT2D eigenvalue weighted by Crippen LogP contribution is -2.47. The fourth-order valence-electron chi connectivity index (χ4n) is 3.79. The molecule has 0 aliphatic heterocycles. The zero-order valence-electron chi connectivity index (χ0n) is 11.9. The molecule has 0 saturated heterocycles. The zero-order chi connectivity index (χ0) is 14.4. The molecule has 1 fully saturated rings. The Bertz CT molecular complexity index is 683. The Labute approximate surface area is 121 Å². The molecule has 1 aromatic carbocycles. The number of sulfone groups is 1. The molecule has 2 aliphatic carbocycles. The standard InChI is InChI=1S/C17H20O2S/c1-13-8-6-7-11-17(12-14(2)16(13)17)20(18,19)15-9-4-3-5-10-15/h3-5,9-10H,1,6-8,11-12H2,2H3. The zero-order valence-corrected chi connectivity index (χ0v) is 12.7. The molecule has 1 unspecified atom stereocenters. The van der Waals surface area contributed by atoms with E-state index in [4.69, 9.17) is 0 Å². The van der Waals surface area contributed by atoms with Gasteiger partial charge in [-0.1, -0.05) is 42.3 Å². The highest BCUT2D eigenvalue weighted by molar-refractivity contribution is 7.93. The molecule has 2 aliphatic rings. The third kappa shape index (κ3) is 1.72. The highest BCUT2D eigenvalue weighted by Crippen LogP contribution is 2.55. The Kier molecular flexibility index (Phi) is 3.13. The third-order valence-electron chi connectivity index (χ3n) is 4.66. The van der Waals surface area contributed by atoms with Crippen molar-refractivity contribution < 1.29 is 8.42 Å². The minimum Gasteiger partial charge on any atom is -0.223 e. The van der Waals surface area contributed by atoms with E-state index in [0.29, 0.717) is 11.3 Å². The van der Waals surface area contributed by atoms with Crippen molar-refractivity contribution in [1.82, 2.24) is 0 Å². The summed E-state index contributed by atoms with van der Waals surface area (Å²) in [6.07, 6.45) is 4.33. The topological polar surface area (TPSA) is 34.1 Å². The van der Waals surface area contributed by atoms with Gasteiger partial charge in [0.2, 0.25) is 0 Å². The normalized spacial score (nSPS) is 26.8. The van der Waals surface area contributed by atoms with E-state index in [2.05, 4.69) is 6.58 Å². The number of allylic oxidation sites excluding steroid dienone is 2. The van der Waals surface area contributed by atoms with E-state index in [1.165, 1.54) is 5.57 Å². The molecule has 3 rings (SSSR count). The minimum atomic E-state index is -3.33. The van der Waals surface area contributed by atoms with Crippen molar-refractivity contribution in [2.45, 2.75) is 48.7 Å². The van der Waals surface area contributed by atoms with Crippen LogP contribution in [-0.2, 0) is 9.84 Å². The smallest absolute Gasteiger partial charge is 0.188 e. The Morgan fingerprint density at radius 1 is 1.15 bits per heavy atom. The summed E-state index contributed by atoms with van der Waals surface area (Å²) in [5, 5.41) is 0. The van der Waals surface area contributed by atoms with Gasteiger partial charge in [-0.25, -0.2) is 8.42 Å². The van der Waals surface area contributed by atoms with Gasteiger partial charge in [0.25, 0.3) is 0 Å². The van der Waals surface area contributed by atoms with Crippen LogP contribution < -0.4 is 0 Å². The van der Waals surface area contributed by atoms with Gasteiger partial charge in [0.1, 0.15) is 4.75 Å². The molecule has 2 nitrogen and oxygen atoms in total. The maximum absolute atomic E-state index is 13.1. The summed E-state index contributed by atoms with van der Waals surface area (Å²) in [6.45, 7) is 6.18. The summed E-state index contributed by atoms with van der Waals surface area (Å²) in [4.78, 5) is 0.444. The molecule has 0 spiro atoms. The summed E-state index contributed by atoms with van der Waals surface area (Å²) in [5.74, 6) is 0. The van der Waals surface area contributed by atoms with E-state index >= 15 is 0 Å². The lowest BCUT2D eigenvalue weighted by molar-refractivity contribution is 0.481. The summed E-state index contributed by atoms with van der Waals surface area (Å²) in [7, 11) is -3.33. The van der Waals surface area contributed by atoms with Crippen LogP contribution in [0, 0.1) is 0 Å². The average Bonchev–Trinajstić information content (AvgIpc) is 2.55. The maximum atomic E-state index is 13.1. The predicted octanol–water partition coefficient (Wildman–Crippen LogP) is 4.05. The molecule has 0 radical (unpaired) electrons. The molecule has 20 heavy (non-hydrogen) atoms. The van der Waals surface area contributed by atoms with Gasteiger partial charge in [0.15, 0.2) is 9.84 Å². The van der Waals surface area contributed by atoms with Crippen LogP contribution in [0.25, 0.3) is 0 Å². The van der Waals surface area contributed by atoms with Crippen molar-refractivity contribution in [2.24, 2.45) is 0 Å². The Hall–Kier alpha value is -1.35. The summed E-state index contributed by atoms with van der Waals surface area (Å²) >= 11 is 0. The van der Waals surface area contributed by atoms with Crippen LogP contribution in [0.5, 0.6) is 0 Å².